The molecule has 2 N–H and O–H groups in total. The second-order valence-corrected chi connectivity index (χ2v) is 9.05. The van der Waals surface area contributed by atoms with Crippen molar-refractivity contribution in [2.75, 3.05) is 7.11 Å². The van der Waals surface area contributed by atoms with Crippen molar-refractivity contribution in [3.63, 3.8) is 0 Å². The molecule has 168 valence electrons. The molecule has 0 aromatic heterocycles. The van der Waals surface area contributed by atoms with Crippen molar-refractivity contribution in [3.05, 3.63) is 95.3 Å². The first-order valence-electron chi connectivity index (χ1n) is 10.0. The Labute approximate surface area is 187 Å². The summed E-state index contributed by atoms with van der Waals surface area (Å²) in [6.45, 7) is 1.89. The molecule has 3 aromatic carbocycles. The smallest absolute Gasteiger partial charge is 0.241 e. The lowest BCUT2D eigenvalue weighted by Gasteiger charge is -2.19. The third-order valence-corrected chi connectivity index (χ3v) is 6.42. The number of carbonyl (C=O) groups is 1. The number of sulfonamides is 1. The summed E-state index contributed by atoms with van der Waals surface area (Å²) in [6.07, 6.45) is 0.171. The number of nitrogens with one attached hydrogen (secondary N) is 2. The summed E-state index contributed by atoms with van der Waals surface area (Å²) in [4.78, 5) is 13.0. The fourth-order valence-corrected chi connectivity index (χ4v) is 4.51. The van der Waals surface area contributed by atoms with Gasteiger partial charge in [0, 0.05) is 6.54 Å². The van der Waals surface area contributed by atoms with Gasteiger partial charge in [0.2, 0.25) is 15.9 Å². The van der Waals surface area contributed by atoms with Crippen LogP contribution in [0.4, 0.5) is 4.39 Å². The molecule has 32 heavy (non-hydrogen) atoms. The molecular formula is C24H25FN2O4S. The zero-order valence-corrected chi connectivity index (χ0v) is 18.7. The second kappa shape index (κ2) is 10.4. The van der Waals surface area contributed by atoms with Gasteiger partial charge in [-0.1, -0.05) is 42.5 Å². The molecule has 0 aliphatic carbocycles. The van der Waals surface area contributed by atoms with Crippen LogP contribution >= 0.6 is 0 Å². The molecule has 3 rings (SSSR count). The summed E-state index contributed by atoms with van der Waals surface area (Å²) in [5.41, 5.74) is 2.17. The molecule has 1 amide bonds. The summed E-state index contributed by atoms with van der Waals surface area (Å²) >= 11 is 0. The number of hydrogen-bond acceptors (Lipinski definition) is 4. The Balaban J connectivity index is 1.80. The number of amides is 1. The van der Waals surface area contributed by atoms with E-state index in [1.54, 1.807) is 25.1 Å². The largest absolute Gasteiger partial charge is 0.496 e. The van der Waals surface area contributed by atoms with E-state index in [0.29, 0.717) is 16.9 Å². The number of hydrogen-bond donors (Lipinski definition) is 2. The molecule has 0 unspecified atom stereocenters. The minimum Gasteiger partial charge on any atom is -0.496 e. The Hall–Kier alpha value is -3.23. The number of halogens is 1. The summed E-state index contributed by atoms with van der Waals surface area (Å²) in [5, 5.41) is 2.73. The van der Waals surface area contributed by atoms with Crippen molar-refractivity contribution in [1.82, 2.24) is 10.0 Å². The Morgan fingerprint density at radius 2 is 1.69 bits per heavy atom. The highest BCUT2D eigenvalue weighted by Crippen LogP contribution is 2.21. The van der Waals surface area contributed by atoms with Crippen LogP contribution in [-0.4, -0.2) is 27.5 Å². The zero-order valence-electron chi connectivity index (χ0n) is 17.8. The van der Waals surface area contributed by atoms with Gasteiger partial charge in [-0.05, 0) is 60.4 Å². The van der Waals surface area contributed by atoms with Crippen LogP contribution in [0, 0.1) is 12.7 Å². The molecule has 0 bridgehead atoms. The van der Waals surface area contributed by atoms with Crippen molar-refractivity contribution in [1.29, 1.82) is 0 Å². The second-order valence-electron chi connectivity index (χ2n) is 7.34. The number of ether oxygens (including phenoxy) is 1. The van der Waals surface area contributed by atoms with Gasteiger partial charge in [0.1, 0.15) is 17.6 Å². The van der Waals surface area contributed by atoms with E-state index in [1.807, 2.05) is 30.3 Å². The minimum absolute atomic E-state index is 0.0418. The quantitative estimate of drug-likeness (QED) is 0.517. The lowest BCUT2D eigenvalue weighted by atomic mass is 10.1. The number of aryl methyl sites for hydroxylation is 1. The number of rotatable bonds is 9. The lowest BCUT2D eigenvalue weighted by molar-refractivity contribution is -0.122. The van der Waals surface area contributed by atoms with Crippen LogP contribution in [-0.2, 0) is 27.8 Å². The van der Waals surface area contributed by atoms with Gasteiger partial charge in [0.15, 0.2) is 0 Å². The van der Waals surface area contributed by atoms with Crippen LogP contribution in [0.2, 0.25) is 0 Å². The molecule has 1 atom stereocenters. The summed E-state index contributed by atoms with van der Waals surface area (Å²) in [6, 6.07) is 18.3. The van der Waals surface area contributed by atoms with Crippen molar-refractivity contribution in [2.45, 2.75) is 30.8 Å². The average molecular weight is 457 g/mol. The number of benzene rings is 3. The van der Waals surface area contributed by atoms with E-state index in [9.17, 15) is 17.6 Å². The normalized spacial score (nSPS) is 12.2. The van der Waals surface area contributed by atoms with Crippen molar-refractivity contribution >= 4 is 15.9 Å². The van der Waals surface area contributed by atoms with Crippen LogP contribution in [0.1, 0.15) is 16.7 Å². The highest BCUT2D eigenvalue weighted by Gasteiger charge is 2.26. The van der Waals surface area contributed by atoms with Crippen molar-refractivity contribution in [2.24, 2.45) is 0 Å². The standard InChI is InChI=1S/C24H25FN2O4S/c1-17-14-21(12-13-23(17)31-2)32(29,30)27-22(15-18-6-4-3-5-7-18)24(28)26-16-19-8-10-20(25)11-9-19/h3-14,22,27H,15-16H2,1-2H3,(H,26,28)/t22-/m1/s1. The predicted molar refractivity (Wildman–Crippen MR) is 120 cm³/mol. The fourth-order valence-electron chi connectivity index (χ4n) is 3.23. The van der Waals surface area contributed by atoms with Crippen LogP contribution in [0.25, 0.3) is 0 Å². The first-order valence-corrected chi connectivity index (χ1v) is 11.5. The lowest BCUT2D eigenvalue weighted by Crippen LogP contribution is -2.47. The van der Waals surface area contributed by atoms with Gasteiger partial charge in [-0.25, -0.2) is 12.8 Å². The molecule has 0 radical (unpaired) electrons. The number of carbonyl (C=O) groups excluding carboxylic acids is 1. The Morgan fingerprint density at radius 1 is 1.00 bits per heavy atom. The van der Waals surface area contributed by atoms with E-state index >= 15 is 0 Å². The highest BCUT2D eigenvalue weighted by atomic mass is 32.2. The average Bonchev–Trinajstić information content (AvgIpc) is 2.78. The van der Waals surface area contributed by atoms with Gasteiger partial charge in [0.25, 0.3) is 0 Å². The Kier molecular flexibility index (Phi) is 7.61. The third kappa shape index (κ3) is 6.15. The highest BCUT2D eigenvalue weighted by molar-refractivity contribution is 7.89. The molecular weight excluding hydrogens is 431 g/mol. The number of methoxy groups -OCH3 is 1. The molecule has 0 aliphatic rings. The molecule has 0 spiro atoms. The third-order valence-electron chi connectivity index (χ3n) is 4.95. The Morgan fingerprint density at radius 3 is 2.31 bits per heavy atom. The van der Waals surface area contributed by atoms with E-state index in [-0.39, 0.29) is 23.7 Å². The maximum Gasteiger partial charge on any atom is 0.241 e. The fraction of sp³-hybridized carbons (Fsp3) is 0.208. The molecule has 3 aromatic rings. The molecule has 0 aliphatic heterocycles. The van der Waals surface area contributed by atoms with Gasteiger partial charge >= 0.3 is 0 Å². The topological polar surface area (TPSA) is 84.5 Å². The van der Waals surface area contributed by atoms with Crippen molar-refractivity contribution in [3.8, 4) is 5.75 Å². The first-order chi connectivity index (χ1) is 15.3. The summed E-state index contributed by atoms with van der Waals surface area (Å²) in [5.74, 6) is -0.279. The molecule has 0 saturated heterocycles. The first kappa shape index (κ1) is 23.4. The summed E-state index contributed by atoms with van der Waals surface area (Å²) < 4.78 is 46.9. The van der Waals surface area contributed by atoms with Gasteiger partial charge in [0.05, 0.1) is 12.0 Å². The van der Waals surface area contributed by atoms with Gasteiger partial charge in [-0.2, -0.15) is 4.72 Å². The van der Waals surface area contributed by atoms with Crippen LogP contribution < -0.4 is 14.8 Å². The molecule has 8 heteroatoms. The molecule has 0 saturated carbocycles. The van der Waals surface area contributed by atoms with Gasteiger partial charge < -0.3 is 10.1 Å². The maximum absolute atomic E-state index is 13.1. The molecule has 6 nitrogen and oxygen atoms in total. The maximum atomic E-state index is 13.1. The Bertz CT molecular complexity index is 1170. The monoisotopic (exact) mass is 456 g/mol. The van der Waals surface area contributed by atoms with Crippen LogP contribution in [0.3, 0.4) is 0 Å². The van der Waals surface area contributed by atoms with E-state index in [2.05, 4.69) is 10.0 Å². The molecule has 0 heterocycles. The zero-order chi connectivity index (χ0) is 23.1. The van der Waals surface area contributed by atoms with Crippen LogP contribution in [0.15, 0.2) is 77.7 Å². The van der Waals surface area contributed by atoms with E-state index in [4.69, 9.17) is 4.74 Å². The summed E-state index contributed by atoms with van der Waals surface area (Å²) in [7, 11) is -2.47. The van der Waals surface area contributed by atoms with Gasteiger partial charge in [-0.3, -0.25) is 4.79 Å². The SMILES string of the molecule is COc1ccc(S(=O)(=O)N[C@H](Cc2ccccc2)C(=O)NCc2ccc(F)cc2)cc1C. The van der Waals surface area contributed by atoms with Gasteiger partial charge in [-0.15, -0.1) is 0 Å². The molecule has 0 fully saturated rings. The van der Waals surface area contributed by atoms with E-state index in [0.717, 1.165) is 5.56 Å². The minimum atomic E-state index is -3.98. The van der Waals surface area contributed by atoms with E-state index < -0.39 is 22.0 Å². The predicted octanol–water partition coefficient (Wildman–Crippen LogP) is 3.35. The van der Waals surface area contributed by atoms with Crippen molar-refractivity contribution < 1.29 is 22.3 Å². The van der Waals surface area contributed by atoms with Crippen LogP contribution in [0.5, 0.6) is 5.75 Å². The van der Waals surface area contributed by atoms with E-state index in [1.165, 1.54) is 31.4 Å².